The van der Waals surface area contributed by atoms with Gasteiger partial charge in [0, 0.05) is 32.3 Å². The third-order valence-corrected chi connectivity index (χ3v) is 4.97. The molecule has 3 rings (SSSR count). The summed E-state index contributed by atoms with van der Waals surface area (Å²) in [6, 6.07) is 9.10. The summed E-state index contributed by atoms with van der Waals surface area (Å²) in [6.07, 6.45) is 5.60. The Kier molecular flexibility index (Phi) is 5.51. The second kappa shape index (κ2) is 7.79. The Morgan fingerprint density at radius 1 is 1.25 bits per heavy atom. The fourth-order valence-corrected chi connectivity index (χ4v) is 3.57. The molecule has 1 aromatic carbocycles. The molecule has 2 heterocycles. The van der Waals surface area contributed by atoms with Crippen LogP contribution in [0.15, 0.2) is 30.3 Å². The van der Waals surface area contributed by atoms with Crippen LogP contribution in [0.4, 0.5) is 5.69 Å². The van der Waals surface area contributed by atoms with Gasteiger partial charge in [0.25, 0.3) is 0 Å². The van der Waals surface area contributed by atoms with E-state index < -0.39 is 0 Å². The molecule has 2 aliphatic heterocycles. The summed E-state index contributed by atoms with van der Waals surface area (Å²) in [5.41, 5.74) is 0.808. The van der Waals surface area contributed by atoms with Crippen molar-refractivity contribution in [1.29, 1.82) is 0 Å². The maximum Gasteiger partial charge on any atom is 0.245 e. The number of ether oxygens (including phenoxy) is 1. The van der Waals surface area contributed by atoms with E-state index in [1.165, 1.54) is 6.42 Å². The number of anilines is 1. The summed E-state index contributed by atoms with van der Waals surface area (Å²) in [6.45, 7) is 1.51. The van der Waals surface area contributed by atoms with Crippen molar-refractivity contribution >= 4 is 17.5 Å². The van der Waals surface area contributed by atoms with Crippen molar-refractivity contribution in [2.75, 3.05) is 25.1 Å². The van der Waals surface area contributed by atoms with Gasteiger partial charge >= 0.3 is 0 Å². The van der Waals surface area contributed by atoms with Crippen LogP contribution in [0.2, 0.25) is 0 Å². The van der Waals surface area contributed by atoms with Gasteiger partial charge in [0.05, 0.1) is 6.10 Å². The van der Waals surface area contributed by atoms with Gasteiger partial charge in [-0.15, -0.1) is 0 Å². The van der Waals surface area contributed by atoms with E-state index in [1.54, 1.807) is 9.80 Å². The van der Waals surface area contributed by atoms with Gasteiger partial charge in [-0.2, -0.15) is 0 Å². The Hall–Kier alpha value is -1.88. The van der Waals surface area contributed by atoms with Gasteiger partial charge in [-0.25, -0.2) is 0 Å². The number of carbonyl (C=O) groups is 2. The largest absolute Gasteiger partial charge is 0.378 e. The first kappa shape index (κ1) is 17.0. The first-order chi connectivity index (χ1) is 11.7. The lowest BCUT2D eigenvalue weighted by molar-refractivity contribution is -0.132. The van der Waals surface area contributed by atoms with Gasteiger partial charge in [-0.3, -0.25) is 14.5 Å². The number of hydrogen-bond donors (Lipinski definition) is 0. The van der Waals surface area contributed by atoms with E-state index in [1.807, 2.05) is 37.4 Å². The summed E-state index contributed by atoms with van der Waals surface area (Å²) in [5.74, 6) is 0.0593. The first-order valence-corrected chi connectivity index (χ1v) is 8.90. The van der Waals surface area contributed by atoms with Gasteiger partial charge in [0.15, 0.2) is 0 Å². The molecule has 2 fully saturated rings. The zero-order chi connectivity index (χ0) is 16.9. The van der Waals surface area contributed by atoms with Crippen molar-refractivity contribution in [2.24, 2.45) is 0 Å². The molecule has 130 valence electrons. The number of nitrogens with zero attached hydrogens (tertiary/aromatic N) is 2. The van der Waals surface area contributed by atoms with E-state index in [9.17, 15) is 9.59 Å². The Labute approximate surface area is 143 Å². The number of para-hydroxylation sites is 1. The molecule has 5 heteroatoms. The highest BCUT2D eigenvalue weighted by atomic mass is 16.5. The van der Waals surface area contributed by atoms with Crippen molar-refractivity contribution in [2.45, 2.75) is 50.7 Å². The number of amides is 2. The van der Waals surface area contributed by atoms with Gasteiger partial charge in [-0.1, -0.05) is 18.2 Å². The third kappa shape index (κ3) is 3.78. The Morgan fingerprint density at radius 2 is 2.04 bits per heavy atom. The highest BCUT2D eigenvalue weighted by Gasteiger charge is 2.38. The molecule has 0 aromatic heterocycles. The molecule has 0 N–H and O–H groups in total. The van der Waals surface area contributed by atoms with Crippen molar-refractivity contribution in [3.05, 3.63) is 30.3 Å². The molecule has 2 unspecified atom stereocenters. The molecule has 0 radical (unpaired) electrons. The summed E-state index contributed by atoms with van der Waals surface area (Å²) >= 11 is 0. The molecule has 2 amide bonds. The van der Waals surface area contributed by atoms with Gasteiger partial charge in [0.2, 0.25) is 11.8 Å². The number of carbonyl (C=O) groups excluding carboxylic acids is 2. The second-order valence-electron chi connectivity index (χ2n) is 6.69. The van der Waals surface area contributed by atoms with Crippen LogP contribution in [0, 0.1) is 0 Å². The lowest BCUT2D eigenvalue weighted by Crippen LogP contribution is -2.46. The average Bonchev–Trinajstić information content (AvgIpc) is 3.02. The SMILES string of the molecule is CN(CCC1CCCCO1)C(=O)C1CCC(=O)N1c1ccccc1. The summed E-state index contributed by atoms with van der Waals surface area (Å²) in [7, 11) is 1.83. The zero-order valence-electron chi connectivity index (χ0n) is 14.3. The van der Waals surface area contributed by atoms with E-state index in [4.69, 9.17) is 4.74 Å². The minimum absolute atomic E-state index is 0.0283. The molecular formula is C19H26N2O3. The van der Waals surface area contributed by atoms with Crippen molar-refractivity contribution < 1.29 is 14.3 Å². The molecule has 5 nitrogen and oxygen atoms in total. The molecule has 24 heavy (non-hydrogen) atoms. The van der Waals surface area contributed by atoms with E-state index >= 15 is 0 Å². The molecule has 0 aliphatic carbocycles. The molecule has 2 saturated heterocycles. The van der Waals surface area contributed by atoms with Crippen LogP contribution in [0.3, 0.4) is 0 Å². The summed E-state index contributed by atoms with van der Waals surface area (Å²) in [5, 5.41) is 0. The smallest absolute Gasteiger partial charge is 0.245 e. The minimum atomic E-state index is -0.378. The van der Waals surface area contributed by atoms with Crippen LogP contribution >= 0.6 is 0 Å². The molecule has 2 atom stereocenters. The van der Waals surface area contributed by atoms with Gasteiger partial charge in [0.1, 0.15) is 6.04 Å². The quantitative estimate of drug-likeness (QED) is 0.834. The Balaban J connectivity index is 1.61. The Morgan fingerprint density at radius 3 is 2.75 bits per heavy atom. The van der Waals surface area contributed by atoms with E-state index in [-0.39, 0.29) is 24.0 Å². The summed E-state index contributed by atoms with van der Waals surface area (Å²) in [4.78, 5) is 28.5. The second-order valence-corrected chi connectivity index (χ2v) is 6.69. The van der Waals surface area contributed by atoms with E-state index in [2.05, 4.69) is 0 Å². The zero-order valence-corrected chi connectivity index (χ0v) is 14.3. The van der Waals surface area contributed by atoms with Crippen LogP contribution in [0.25, 0.3) is 0 Å². The lowest BCUT2D eigenvalue weighted by atomic mass is 10.1. The van der Waals surface area contributed by atoms with Crippen LogP contribution in [-0.2, 0) is 14.3 Å². The average molecular weight is 330 g/mol. The van der Waals surface area contributed by atoms with Crippen molar-refractivity contribution in [1.82, 2.24) is 4.90 Å². The molecule has 0 bridgehead atoms. The monoisotopic (exact) mass is 330 g/mol. The lowest BCUT2D eigenvalue weighted by Gasteiger charge is -2.30. The summed E-state index contributed by atoms with van der Waals surface area (Å²) < 4.78 is 5.74. The fourth-order valence-electron chi connectivity index (χ4n) is 3.57. The fraction of sp³-hybridized carbons (Fsp3) is 0.579. The number of hydrogen-bond acceptors (Lipinski definition) is 3. The standard InChI is InChI=1S/C19H26N2O3/c1-20(13-12-16-9-5-6-14-24-16)19(23)17-10-11-18(22)21(17)15-7-3-2-4-8-15/h2-4,7-8,16-17H,5-6,9-14H2,1H3. The molecule has 2 aliphatic rings. The van der Waals surface area contributed by atoms with Crippen molar-refractivity contribution in [3.8, 4) is 0 Å². The maximum atomic E-state index is 12.8. The van der Waals surface area contributed by atoms with Crippen LogP contribution < -0.4 is 4.90 Å². The number of likely N-dealkylation sites (N-methyl/N-ethyl adjacent to an activating group) is 1. The highest BCUT2D eigenvalue weighted by molar-refractivity contribution is 6.03. The van der Waals surface area contributed by atoms with Gasteiger partial charge in [-0.05, 0) is 44.2 Å². The predicted octanol–water partition coefficient (Wildman–Crippen LogP) is 2.60. The predicted molar refractivity (Wildman–Crippen MR) is 92.8 cm³/mol. The van der Waals surface area contributed by atoms with Crippen molar-refractivity contribution in [3.63, 3.8) is 0 Å². The van der Waals surface area contributed by atoms with E-state index in [0.717, 1.165) is 31.6 Å². The topological polar surface area (TPSA) is 49.9 Å². The minimum Gasteiger partial charge on any atom is -0.378 e. The van der Waals surface area contributed by atoms with E-state index in [0.29, 0.717) is 19.4 Å². The van der Waals surface area contributed by atoms with Crippen LogP contribution in [0.1, 0.15) is 38.5 Å². The number of benzene rings is 1. The van der Waals surface area contributed by atoms with Crippen LogP contribution in [-0.4, -0.2) is 49.1 Å². The van der Waals surface area contributed by atoms with Gasteiger partial charge < -0.3 is 9.64 Å². The highest BCUT2D eigenvalue weighted by Crippen LogP contribution is 2.27. The first-order valence-electron chi connectivity index (χ1n) is 8.90. The maximum absolute atomic E-state index is 12.8. The molecule has 0 saturated carbocycles. The van der Waals surface area contributed by atoms with Crippen LogP contribution in [0.5, 0.6) is 0 Å². The Bertz CT molecular complexity index is 569. The third-order valence-electron chi connectivity index (χ3n) is 4.97. The normalized spacial score (nSPS) is 24.2. The molecular weight excluding hydrogens is 304 g/mol. The molecule has 0 spiro atoms. The number of rotatable bonds is 5. The molecule has 1 aromatic rings.